The number of aliphatic hydroxyl groups excluding tert-OH is 1. The topological polar surface area (TPSA) is 82.7 Å². The molecule has 0 saturated heterocycles. The predicted molar refractivity (Wildman–Crippen MR) is 107 cm³/mol. The quantitative estimate of drug-likeness (QED) is 0.277. The van der Waals surface area contributed by atoms with E-state index in [0.29, 0.717) is 20.7 Å². The van der Waals surface area contributed by atoms with E-state index in [1.54, 1.807) is 12.1 Å². The maximum atomic E-state index is 10.4. The maximum absolute atomic E-state index is 10.4. The van der Waals surface area contributed by atoms with Gasteiger partial charge < -0.3 is 5.11 Å². The predicted octanol–water partition coefficient (Wildman–Crippen LogP) is 5.25. The first kappa shape index (κ1) is 18.6. The minimum absolute atomic E-state index is 0.0397. The number of benzene rings is 1. The zero-order valence-electron chi connectivity index (χ0n) is 14.4. The number of thioether (sulfide) groups is 1. The molecule has 0 aliphatic carbocycles. The molecule has 8 heteroatoms. The molecular formula is C18H15ClN4OS2. The summed E-state index contributed by atoms with van der Waals surface area (Å²) in [5, 5.41) is 21.5. The molecule has 0 bridgehead atoms. The Labute approximate surface area is 164 Å². The van der Waals surface area contributed by atoms with Gasteiger partial charge >= 0.3 is 0 Å². The molecule has 0 unspecified atom stereocenters. The van der Waals surface area contributed by atoms with E-state index in [1.807, 2.05) is 26.8 Å². The molecule has 0 spiro atoms. The summed E-state index contributed by atoms with van der Waals surface area (Å²) in [6, 6.07) is 7.42. The van der Waals surface area contributed by atoms with Gasteiger partial charge in [-0.25, -0.2) is 15.0 Å². The number of hydrogen-bond donors (Lipinski definition) is 1. The van der Waals surface area contributed by atoms with Crippen LogP contribution in [-0.4, -0.2) is 25.8 Å². The molecule has 5 nitrogen and oxygen atoms in total. The third-order valence-corrected chi connectivity index (χ3v) is 6.06. The van der Waals surface area contributed by atoms with Crippen molar-refractivity contribution < 1.29 is 5.11 Å². The van der Waals surface area contributed by atoms with Gasteiger partial charge in [0.15, 0.2) is 5.16 Å². The first-order chi connectivity index (χ1) is 12.4. The summed E-state index contributed by atoms with van der Waals surface area (Å²) in [6.07, 6.45) is 0. The van der Waals surface area contributed by atoms with Crippen molar-refractivity contribution in [1.82, 2.24) is 15.0 Å². The molecule has 1 N–H and O–H groups in total. The van der Waals surface area contributed by atoms with Crippen molar-refractivity contribution in [3.63, 3.8) is 0 Å². The summed E-state index contributed by atoms with van der Waals surface area (Å²) in [6.45, 7) is 5.83. The van der Waals surface area contributed by atoms with Gasteiger partial charge in [-0.1, -0.05) is 23.4 Å². The van der Waals surface area contributed by atoms with Gasteiger partial charge in [0, 0.05) is 16.4 Å². The molecule has 1 aromatic carbocycles. The van der Waals surface area contributed by atoms with E-state index < -0.39 is 0 Å². The Bertz CT molecular complexity index is 1050. The van der Waals surface area contributed by atoms with E-state index in [-0.39, 0.29) is 17.1 Å². The van der Waals surface area contributed by atoms with Crippen LogP contribution in [0, 0.1) is 32.1 Å². The fourth-order valence-electron chi connectivity index (χ4n) is 2.25. The molecule has 3 rings (SSSR count). The summed E-state index contributed by atoms with van der Waals surface area (Å²) < 4.78 is 0.908. The number of aromatic nitrogens is 3. The second-order valence-electron chi connectivity index (χ2n) is 5.66. The van der Waals surface area contributed by atoms with E-state index >= 15 is 0 Å². The molecule has 2 aromatic heterocycles. The van der Waals surface area contributed by atoms with Crippen molar-refractivity contribution in [3.8, 4) is 6.07 Å². The minimum atomic E-state index is -0.0397. The number of aryl methyl sites for hydroxylation is 2. The third kappa shape index (κ3) is 3.83. The third-order valence-electron chi connectivity index (χ3n) is 3.91. The van der Waals surface area contributed by atoms with Crippen LogP contribution in [-0.2, 0) is 0 Å². The molecule has 2 heterocycles. The van der Waals surface area contributed by atoms with Crippen molar-refractivity contribution >= 4 is 50.5 Å². The lowest BCUT2D eigenvalue weighted by atomic mass is 10.2. The van der Waals surface area contributed by atoms with Crippen molar-refractivity contribution in [3.05, 3.63) is 50.9 Å². The number of thiazole rings is 1. The average molecular weight is 403 g/mol. The molecular weight excluding hydrogens is 388 g/mol. The molecule has 0 atom stereocenters. The van der Waals surface area contributed by atoms with Crippen molar-refractivity contribution in [2.24, 2.45) is 0 Å². The maximum Gasteiger partial charge on any atom is 0.188 e. The normalized spacial score (nSPS) is 12.1. The first-order valence-electron chi connectivity index (χ1n) is 7.72. The number of allylic oxidation sites excluding steroid dienone is 1. The number of hydrogen-bond acceptors (Lipinski definition) is 7. The Morgan fingerprint density at radius 2 is 1.92 bits per heavy atom. The highest BCUT2D eigenvalue weighted by molar-refractivity contribution is 7.99. The molecule has 0 fully saturated rings. The fraction of sp³-hybridized carbons (Fsp3) is 0.222. The SMILES string of the molecule is Cc1nc(SC/C(O)=C(\C#N)c2nc3cc(Cl)ccc3s2)nc(C)c1C. The summed E-state index contributed by atoms with van der Waals surface area (Å²) in [4.78, 5) is 13.2. The van der Waals surface area contributed by atoms with Crippen LogP contribution in [0.4, 0.5) is 0 Å². The Morgan fingerprint density at radius 3 is 2.58 bits per heavy atom. The smallest absolute Gasteiger partial charge is 0.188 e. The number of halogens is 1. The van der Waals surface area contributed by atoms with Crippen molar-refractivity contribution in [2.75, 3.05) is 5.75 Å². The van der Waals surface area contributed by atoms with Crippen molar-refractivity contribution in [2.45, 2.75) is 25.9 Å². The van der Waals surface area contributed by atoms with Gasteiger partial charge in [-0.2, -0.15) is 5.26 Å². The lowest BCUT2D eigenvalue weighted by molar-refractivity contribution is 0.420. The monoisotopic (exact) mass is 402 g/mol. The Balaban J connectivity index is 1.87. The van der Waals surface area contributed by atoms with Crippen LogP contribution < -0.4 is 0 Å². The van der Waals surface area contributed by atoms with Crippen LogP contribution in [0.1, 0.15) is 22.0 Å². The van der Waals surface area contributed by atoms with Crippen LogP contribution in [0.25, 0.3) is 15.8 Å². The Morgan fingerprint density at radius 1 is 1.23 bits per heavy atom. The molecule has 26 heavy (non-hydrogen) atoms. The summed E-state index contributed by atoms with van der Waals surface area (Å²) in [7, 11) is 0. The van der Waals surface area contributed by atoms with E-state index in [4.69, 9.17) is 11.6 Å². The highest BCUT2D eigenvalue weighted by atomic mass is 35.5. The van der Waals surface area contributed by atoms with Gasteiger partial charge in [-0.15, -0.1) is 11.3 Å². The number of fused-ring (bicyclic) bond motifs is 1. The highest BCUT2D eigenvalue weighted by Gasteiger charge is 2.15. The zero-order valence-corrected chi connectivity index (χ0v) is 16.8. The minimum Gasteiger partial charge on any atom is -0.510 e. The van der Waals surface area contributed by atoms with Crippen LogP contribution >= 0.6 is 34.7 Å². The molecule has 0 amide bonds. The number of aliphatic hydroxyl groups is 1. The summed E-state index contributed by atoms with van der Waals surface area (Å²) in [5.74, 6) is 0.156. The molecule has 0 saturated carbocycles. The largest absolute Gasteiger partial charge is 0.510 e. The second kappa shape index (κ2) is 7.62. The Hall–Kier alpha value is -2.14. The van der Waals surface area contributed by atoms with Crippen LogP contribution in [0.5, 0.6) is 0 Å². The van der Waals surface area contributed by atoms with Crippen LogP contribution in [0.3, 0.4) is 0 Å². The molecule has 3 aromatic rings. The average Bonchev–Trinajstić information content (AvgIpc) is 3.00. The number of rotatable bonds is 4. The van der Waals surface area contributed by atoms with Gasteiger partial charge in [0.2, 0.25) is 0 Å². The molecule has 0 aliphatic rings. The van der Waals surface area contributed by atoms with Gasteiger partial charge in [-0.3, -0.25) is 0 Å². The lowest BCUT2D eigenvalue weighted by Gasteiger charge is -2.07. The van der Waals surface area contributed by atoms with Gasteiger partial charge in [0.1, 0.15) is 22.4 Å². The summed E-state index contributed by atoms with van der Waals surface area (Å²) in [5.41, 5.74) is 3.74. The van der Waals surface area contributed by atoms with Gasteiger partial charge in [0.25, 0.3) is 0 Å². The van der Waals surface area contributed by atoms with E-state index in [0.717, 1.165) is 21.7 Å². The number of nitriles is 1. The standard InChI is InChI=1S/C18H15ClN4OS2/c1-9-10(2)21-18(22-11(9)3)25-8-15(24)13(7-20)17-23-14-6-12(19)4-5-16(14)26-17/h4-6,24H,8H2,1-3H3/b15-13-. The second-order valence-corrected chi connectivity index (χ2v) is 8.06. The fourth-order valence-corrected chi connectivity index (χ4v) is 4.20. The highest BCUT2D eigenvalue weighted by Crippen LogP contribution is 2.31. The zero-order chi connectivity index (χ0) is 18.8. The van der Waals surface area contributed by atoms with Crippen LogP contribution in [0.2, 0.25) is 5.02 Å². The molecule has 132 valence electrons. The van der Waals surface area contributed by atoms with Crippen LogP contribution in [0.15, 0.2) is 29.1 Å². The molecule has 0 aliphatic heterocycles. The lowest BCUT2D eigenvalue weighted by Crippen LogP contribution is -2.00. The Kier molecular flexibility index (Phi) is 5.47. The van der Waals surface area contributed by atoms with Crippen molar-refractivity contribution in [1.29, 1.82) is 5.26 Å². The number of nitrogens with zero attached hydrogens (tertiary/aromatic N) is 4. The first-order valence-corrected chi connectivity index (χ1v) is 9.90. The van der Waals surface area contributed by atoms with Gasteiger partial charge in [0.05, 0.1) is 16.0 Å². The van der Waals surface area contributed by atoms with E-state index in [1.165, 1.54) is 23.1 Å². The van der Waals surface area contributed by atoms with Gasteiger partial charge in [-0.05, 0) is 44.5 Å². The van der Waals surface area contributed by atoms with E-state index in [9.17, 15) is 10.4 Å². The molecule has 0 radical (unpaired) electrons. The summed E-state index contributed by atoms with van der Waals surface area (Å²) >= 11 is 8.61. The van der Waals surface area contributed by atoms with E-state index in [2.05, 4.69) is 21.0 Å².